The van der Waals surface area contributed by atoms with Crippen LogP contribution in [-0.2, 0) is 4.74 Å². The van der Waals surface area contributed by atoms with Crippen LogP contribution in [0.25, 0.3) is 11.1 Å². The summed E-state index contributed by atoms with van der Waals surface area (Å²) in [6.45, 7) is 4.77. The Bertz CT molecular complexity index is 695. The zero-order valence-electron chi connectivity index (χ0n) is 17.8. The Labute approximate surface area is 180 Å². The molecule has 0 aliphatic carbocycles. The van der Waals surface area contributed by atoms with E-state index in [-0.39, 0.29) is 0 Å². The number of hydrogen-bond donors (Lipinski definition) is 0. The molecule has 29 heavy (non-hydrogen) atoms. The Morgan fingerprint density at radius 1 is 0.759 bits per heavy atom. The molecule has 2 rings (SSSR count). The van der Waals surface area contributed by atoms with Crippen LogP contribution in [0.15, 0.2) is 53.4 Å². The number of benzene rings is 2. The number of unbranched alkanes of at least 4 members (excludes halogenated alkanes) is 6. The molecule has 0 N–H and O–H groups in total. The fourth-order valence-electron chi connectivity index (χ4n) is 2.99. The molecular weight excluding hydrogens is 380 g/mol. The average Bonchev–Trinajstić information content (AvgIpc) is 2.75. The quantitative estimate of drug-likeness (QED) is 0.143. The minimum Gasteiger partial charge on any atom is -0.434 e. The van der Waals surface area contributed by atoms with Crippen molar-refractivity contribution < 1.29 is 14.3 Å². The summed E-state index contributed by atoms with van der Waals surface area (Å²) in [5.74, 6) is 1.69. The molecule has 0 spiro atoms. The molecule has 0 atom stereocenters. The van der Waals surface area contributed by atoms with Gasteiger partial charge in [-0.25, -0.2) is 4.79 Å². The predicted molar refractivity (Wildman–Crippen MR) is 123 cm³/mol. The van der Waals surface area contributed by atoms with Crippen molar-refractivity contribution >= 4 is 17.9 Å². The Morgan fingerprint density at radius 2 is 1.34 bits per heavy atom. The number of rotatable bonds is 13. The second kappa shape index (κ2) is 14.1. The van der Waals surface area contributed by atoms with Crippen molar-refractivity contribution in [2.45, 2.75) is 70.1 Å². The minimum absolute atomic E-state index is 0.411. The Kier molecular flexibility index (Phi) is 11.4. The summed E-state index contributed by atoms with van der Waals surface area (Å²) in [4.78, 5) is 13.0. The van der Waals surface area contributed by atoms with E-state index in [1.165, 1.54) is 42.8 Å². The Hall–Kier alpha value is -1.94. The highest BCUT2D eigenvalue weighted by Gasteiger charge is 2.06. The van der Waals surface area contributed by atoms with Gasteiger partial charge in [0.25, 0.3) is 0 Å². The van der Waals surface area contributed by atoms with Crippen LogP contribution >= 0.6 is 11.8 Å². The van der Waals surface area contributed by atoms with E-state index in [0.717, 1.165) is 30.4 Å². The van der Waals surface area contributed by atoms with Crippen LogP contribution in [-0.4, -0.2) is 18.5 Å². The van der Waals surface area contributed by atoms with E-state index in [2.05, 4.69) is 38.1 Å². The van der Waals surface area contributed by atoms with Gasteiger partial charge in [0.05, 0.1) is 6.61 Å². The van der Waals surface area contributed by atoms with E-state index in [9.17, 15) is 4.79 Å². The molecule has 0 fully saturated rings. The SMILES string of the molecule is CCCCCCCSc1ccc(-c2ccc(OC(=O)OCCCCC)cc2)cc1. The Balaban J connectivity index is 1.76. The van der Waals surface area contributed by atoms with Gasteiger partial charge in [-0.3, -0.25) is 0 Å². The molecule has 4 heteroatoms. The molecule has 0 aliphatic rings. The second-order valence-electron chi connectivity index (χ2n) is 7.22. The first-order chi connectivity index (χ1) is 14.2. The van der Waals surface area contributed by atoms with Gasteiger partial charge >= 0.3 is 6.16 Å². The zero-order chi connectivity index (χ0) is 20.7. The Morgan fingerprint density at radius 3 is 2.00 bits per heavy atom. The van der Waals surface area contributed by atoms with Gasteiger partial charge in [0.1, 0.15) is 5.75 Å². The lowest BCUT2D eigenvalue weighted by Gasteiger charge is -2.07. The van der Waals surface area contributed by atoms with E-state index in [1.54, 1.807) is 0 Å². The smallest absolute Gasteiger partial charge is 0.434 e. The molecule has 0 heterocycles. The lowest BCUT2D eigenvalue weighted by Crippen LogP contribution is -2.11. The summed E-state index contributed by atoms with van der Waals surface area (Å²) in [5, 5.41) is 0. The molecular formula is C25H34O3S. The average molecular weight is 415 g/mol. The molecule has 0 saturated carbocycles. The lowest BCUT2D eigenvalue weighted by molar-refractivity contribution is 0.0974. The molecule has 2 aromatic carbocycles. The van der Waals surface area contributed by atoms with Crippen LogP contribution < -0.4 is 4.74 Å². The predicted octanol–water partition coefficient (Wildman–Crippen LogP) is 8.12. The minimum atomic E-state index is -0.634. The summed E-state index contributed by atoms with van der Waals surface area (Å²) < 4.78 is 10.3. The van der Waals surface area contributed by atoms with Gasteiger partial charge in [-0.2, -0.15) is 0 Å². The van der Waals surface area contributed by atoms with Gasteiger partial charge in [-0.1, -0.05) is 76.6 Å². The number of carbonyl (C=O) groups is 1. The number of ether oxygens (including phenoxy) is 2. The highest BCUT2D eigenvalue weighted by molar-refractivity contribution is 7.99. The maximum Gasteiger partial charge on any atom is 0.513 e. The first kappa shape index (κ1) is 23.3. The van der Waals surface area contributed by atoms with E-state index in [0.29, 0.717) is 12.4 Å². The summed E-state index contributed by atoms with van der Waals surface area (Å²) in [5.41, 5.74) is 2.26. The largest absolute Gasteiger partial charge is 0.513 e. The first-order valence-corrected chi connectivity index (χ1v) is 11.9. The van der Waals surface area contributed by atoms with Crippen molar-refractivity contribution in [1.29, 1.82) is 0 Å². The van der Waals surface area contributed by atoms with Gasteiger partial charge in [0.2, 0.25) is 0 Å². The van der Waals surface area contributed by atoms with Gasteiger partial charge in [-0.05, 0) is 54.0 Å². The third-order valence-electron chi connectivity index (χ3n) is 4.73. The topological polar surface area (TPSA) is 35.5 Å². The molecule has 0 radical (unpaired) electrons. The summed E-state index contributed by atoms with van der Waals surface area (Å²) in [6, 6.07) is 16.2. The maximum absolute atomic E-state index is 11.7. The molecule has 0 bridgehead atoms. The zero-order valence-corrected chi connectivity index (χ0v) is 18.6. The first-order valence-electron chi connectivity index (χ1n) is 10.9. The molecule has 0 aromatic heterocycles. The molecule has 158 valence electrons. The van der Waals surface area contributed by atoms with Crippen LogP contribution in [0, 0.1) is 0 Å². The normalized spacial score (nSPS) is 10.7. The van der Waals surface area contributed by atoms with E-state index >= 15 is 0 Å². The highest BCUT2D eigenvalue weighted by Crippen LogP contribution is 2.26. The lowest BCUT2D eigenvalue weighted by atomic mass is 10.1. The number of thioether (sulfide) groups is 1. The van der Waals surface area contributed by atoms with Gasteiger partial charge < -0.3 is 9.47 Å². The van der Waals surface area contributed by atoms with E-state index in [1.807, 2.05) is 36.0 Å². The van der Waals surface area contributed by atoms with Crippen LogP contribution in [0.1, 0.15) is 65.2 Å². The van der Waals surface area contributed by atoms with Crippen molar-refractivity contribution in [1.82, 2.24) is 0 Å². The fraction of sp³-hybridized carbons (Fsp3) is 0.480. The van der Waals surface area contributed by atoms with Gasteiger partial charge in [0.15, 0.2) is 0 Å². The van der Waals surface area contributed by atoms with Crippen LogP contribution in [0.5, 0.6) is 5.75 Å². The van der Waals surface area contributed by atoms with Gasteiger partial charge in [0, 0.05) is 4.90 Å². The van der Waals surface area contributed by atoms with E-state index < -0.39 is 6.16 Å². The highest BCUT2D eigenvalue weighted by atomic mass is 32.2. The van der Waals surface area contributed by atoms with Crippen molar-refractivity contribution in [3.63, 3.8) is 0 Å². The molecule has 0 unspecified atom stereocenters. The molecule has 2 aromatic rings. The third kappa shape index (κ3) is 9.40. The maximum atomic E-state index is 11.7. The molecule has 0 amide bonds. The van der Waals surface area contributed by atoms with Crippen molar-refractivity contribution in [2.75, 3.05) is 12.4 Å². The molecule has 3 nitrogen and oxygen atoms in total. The number of hydrogen-bond acceptors (Lipinski definition) is 4. The summed E-state index contributed by atoms with van der Waals surface area (Å²) in [6.07, 6.45) is 9.01. The third-order valence-corrected chi connectivity index (χ3v) is 5.83. The van der Waals surface area contributed by atoms with Crippen LogP contribution in [0.2, 0.25) is 0 Å². The van der Waals surface area contributed by atoms with Crippen molar-refractivity contribution in [3.8, 4) is 16.9 Å². The monoisotopic (exact) mass is 414 g/mol. The standard InChI is InChI=1S/C25H34O3S/c1-3-5-7-8-10-20-29-24-17-13-22(14-18-24)21-11-15-23(16-12-21)28-25(26)27-19-9-6-4-2/h11-18H,3-10,19-20H2,1-2H3. The fourth-order valence-corrected chi connectivity index (χ4v) is 3.90. The van der Waals surface area contributed by atoms with Crippen LogP contribution in [0.3, 0.4) is 0 Å². The van der Waals surface area contributed by atoms with Gasteiger partial charge in [-0.15, -0.1) is 11.8 Å². The summed E-state index contributed by atoms with van der Waals surface area (Å²) in [7, 11) is 0. The summed E-state index contributed by atoms with van der Waals surface area (Å²) >= 11 is 1.93. The van der Waals surface area contributed by atoms with Crippen LogP contribution in [0.4, 0.5) is 4.79 Å². The second-order valence-corrected chi connectivity index (χ2v) is 8.39. The van der Waals surface area contributed by atoms with E-state index in [4.69, 9.17) is 9.47 Å². The van der Waals surface area contributed by atoms with Crippen molar-refractivity contribution in [3.05, 3.63) is 48.5 Å². The molecule has 0 saturated heterocycles. The number of carbonyl (C=O) groups excluding carboxylic acids is 1. The molecule has 0 aliphatic heterocycles. The van der Waals surface area contributed by atoms with Crippen molar-refractivity contribution in [2.24, 2.45) is 0 Å².